The molecule has 174 valence electrons. The van der Waals surface area contributed by atoms with Crippen LogP contribution in [0.5, 0.6) is 11.5 Å². The van der Waals surface area contributed by atoms with Crippen molar-refractivity contribution in [2.24, 2.45) is 0 Å². The lowest BCUT2D eigenvalue weighted by Crippen LogP contribution is -2.36. The number of thioether (sulfide) groups is 1. The normalized spacial score (nSPS) is 15.8. The largest absolute Gasteiger partial charge is 0.493 e. The zero-order chi connectivity index (χ0) is 24.1. The molecule has 1 saturated heterocycles. The molecule has 0 aliphatic carbocycles. The quantitative estimate of drug-likeness (QED) is 0.267. The van der Waals surface area contributed by atoms with E-state index in [4.69, 9.17) is 32.7 Å². The first-order valence-corrected chi connectivity index (χ1v) is 12.0. The van der Waals surface area contributed by atoms with E-state index in [1.807, 2.05) is 26.0 Å². The fourth-order valence-corrected chi connectivity index (χ4v) is 4.62. The minimum Gasteiger partial charge on any atom is -0.493 e. The van der Waals surface area contributed by atoms with E-state index in [0.717, 1.165) is 28.5 Å². The van der Waals surface area contributed by atoms with Crippen molar-refractivity contribution >= 4 is 52.2 Å². The van der Waals surface area contributed by atoms with Gasteiger partial charge in [-0.2, -0.15) is 0 Å². The monoisotopic (exact) mass is 505 g/mol. The van der Waals surface area contributed by atoms with E-state index in [1.165, 1.54) is 4.90 Å². The van der Waals surface area contributed by atoms with E-state index >= 15 is 0 Å². The van der Waals surface area contributed by atoms with Crippen LogP contribution in [0.3, 0.4) is 0 Å². The van der Waals surface area contributed by atoms with Crippen molar-refractivity contribution in [3.05, 3.63) is 74.6 Å². The molecule has 1 aliphatic heterocycles. The lowest BCUT2D eigenvalue weighted by atomic mass is 10.0. The summed E-state index contributed by atoms with van der Waals surface area (Å²) in [6.07, 6.45) is 4.71. The number of nitrogens with zero attached hydrogens (tertiary/aromatic N) is 1. The van der Waals surface area contributed by atoms with Crippen molar-refractivity contribution < 1.29 is 19.1 Å². The molecule has 0 saturated carbocycles. The Bertz CT molecular complexity index is 1120. The molecule has 1 aliphatic rings. The van der Waals surface area contributed by atoms with Crippen LogP contribution in [0, 0.1) is 0 Å². The number of methoxy groups -OCH3 is 1. The van der Waals surface area contributed by atoms with Gasteiger partial charge in [0.2, 0.25) is 0 Å². The topological polar surface area (TPSA) is 55.8 Å². The van der Waals surface area contributed by atoms with Gasteiger partial charge >= 0.3 is 0 Å². The number of allylic oxidation sites excluding steroid dienone is 1. The highest BCUT2D eigenvalue weighted by atomic mass is 35.5. The molecule has 1 fully saturated rings. The summed E-state index contributed by atoms with van der Waals surface area (Å²) in [4.78, 5) is 26.8. The maximum absolute atomic E-state index is 12.8. The summed E-state index contributed by atoms with van der Waals surface area (Å²) >= 11 is 13.1. The number of carbonyl (C=O) groups is 2. The molecule has 1 heterocycles. The van der Waals surface area contributed by atoms with Crippen LogP contribution in [-0.4, -0.2) is 29.2 Å². The SMILES string of the molecule is C=CCc1cc(/C=C2/SC(=O)N([C@@H](C)CC)C2=O)cc(OC)c1OCc1ccc(Cl)c(Cl)c1. The third kappa shape index (κ3) is 5.75. The molecule has 0 unspecified atom stereocenters. The van der Waals surface area contributed by atoms with Crippen LogP contribution in [0.2, 0.25) is 10.0 Å². The number of benzene rings is 2. The Morgan fingerprint density at radius 1 is 1.18 bits per heavy atom. The summed E-state index contributed by atoms with van der Waals surface area (Å²) in [5, 5.41) is 0.686. The molecule has 0 N–H and O–H groups in total. The molecule has 0 bridgehead atoms. The maximum atomic E-state index is 12.8. The highest BCUT2D eigenvalue weighted by molar-refractivity contribution is 8.18. The van der Waals surface area contributed by atoms with Gasteiger partial charge in [-0.15, -0.1) is 6.58 Å². The molecule has 0 spiro atoms. The maximum Gasteiger partial charge on any atom is 0.293 e. The Kier molecular flexibility index (Phi) is 8.51. The second-order valence-corrected chi connectivity index (χ2v) is 9.36. The standard InChI is InChI=1S/C25H25Cl2NO4S/c1-5-7-18-10-17(13-22-24(29)28(15(3)6-2)25(30)33-22)12-21(31-4)23(18)32-14-16-8-9-19(26)20(27)11-16/h5,8-13,15H,1,6-7,14H2,2-4H3/b22-13+/t15-/m0/s1. The first kappa shape index (κ1) is 25.2. The molecular weight excluding hydrogens is 481 g/mol. The third-order valence-corrected chi connectivity index (χ3v) is 6.88. The predicted molar refractivity (Wildman–Crippen MR) is 135 cm³/mol. The Morgan fingerprint density at radius 3 is 2.58 bits per heavy atom. The third-order valence-electron chi connectivity index (χ3n) is 5.26. The van der Waals surface area contributed by atoms with Gasteiger partial charge in [-0.05, 0) is 73.0 Å². The van der Waals surface area contributed by atoms with Crippen LogP contribution in [0.1, 0.15) is 37.0 Å². The summed E-state index contributed by atoms with van der Waals surface area (Å²) < 4.78 is 11.7. The predicted octanol–water partition coefficient (Wildman–Crippen LogP) is 7.14. The molecule has 2 aromatic rings. The fourth-order valence-electron chi connectivity index (χ4n) is 3.37. The second-order valence-electron chi connectivity index (χ2n) is 7.55. The zero-order valence-electron chi connectivity index (χ0n) is 18.7. The van der Waals surface area contributed by atoms with Gasteiger partial charge in [0.15, 0.2) is 11.5 Å². The lowest BCUT2D eigenvalue weighted by molar-refractivity contribution is -0.124. The van der Waals surface area contributed by atoms with Crippen LogP contribution >= 0.6 is 35.0 Å². The molecule has 1 atom stereocenters. The van der Waals surface area contributed by atoms with Gasteiger partial charge in [0, 0.05) is 11.6 Å². The first-order valence-electron chi connectivity index (χ1n) is 10.4. The van der Waals surface area contributed by atoms with E-state index in [9.17, 15) is 9.59 Å². The van der Waals surface area contributed by atoms with Gasteiger partial charge in [0.1, 0.15) is 6.61 Å². The van der Waals surface area contributed by atoms with Crippen LogP contribution in [0.25, 0.3) is 6.08 Å². The van der Waals surface area contributed by atoms with Gasteiger partial charge in [-0.25, -0.2) is 0 Å². The Labute approximate surface area is 208 Å². The summed E-state index contributed by atoms with van der Waals surface area (Å²) in [5.74, 6) is 0.818. The van der Waals surface area contributed by atoms with Gasteiger partial charge in [0.25, 0.3) is 11.1 Å². The van der Waals surface area contributed by atoms with Gasteiger partial charge < -0.3 is 9.47 Å². The molecule has 33 heavy (non-hydrogen) atoms. The number of halogens is 2. The zero-order valence-corrected chi connectivity index (χ0v) is 21.0. The van der Waals surface area contributed by atoms with E-state index in [-0.39, 0.29) is 23.8 Å². The molecule has 2 amide bonds. The Hall–Kier alpha value is -2.41. The van der Waals surface area contributed by atoms with Gasteiger partial charge in [-0.3, -0.25) is 14.5 Å². The number of amides is 2. The first-order chi connectivity index (χ1) is 15.8. The summed E-state index contributed by atoms with van der Waals surface area (Å²) in [6, 6.07) is 8.87. The smallest absolute Gasteiger partial charge is 0.293 e. The molecule has 5 nitrogen and oxygen atoms in total. The number of rotatable bonds is 9. The number of carbonyl (C=O) groups excluding carboxylic acids is 2. The summed E-state index contributed by atoms with van der Waals surface area (Å²) in [5.41, 5.74) is 2.44. The Balaban J connectivity index is 1.92. The Morgan fingerprint density at radius 2 is 1.94 bits per heavy atom. The van der Waals surface area contributed by atoms with E-state index < -0.39 is 0 Å². The average Bonchev–Trinajstić information content (AvgIpc) is 3.07. The van der Waals surface area contributed by atoms with Crippen molar-refractivity contribution in [1.29, 1.82) is 0 Å². The van der Waals surface area contributed by atoms with E-state index in [0.29, 0.717) is 39.3 Å². The van der Waals surface area contributed by atoms with Crippen molar-refractivity contribution in [2.45, 2.75) is 39.3 Å². The van der Waals surface area contributed by atoms with E-state index in [1.54, 1.807) is 37.5 Å². The molecular formula is C25H25Cl2NO4S. The molecule has 2 aromatic carbocycles. The lowest BCUT2D eigenvalue weighted by Gasteiger charge is -2.19. The van der Waals surface area contributed by atoms with Crippen molar-refractivity contribution in [1.82, 2.24) is 4.90 Å². The molecule has 0 radical (unpaired) electrons. The highest BCUT2D eigenvalue weighted by Gasteiger charge is 2.37. The minimum absolute atomic E-state index is 0.147. The molecule has 8 heteroatoms. The number of ether oxygens (including phenoxy) is 2. The van der Waals surface area contributed by atoms with Gasteiger partial charge in [-0.1, -0.05) is 42.3 Å². The molecule has 3 rings (SSSR count). The van der Waals surface area contributed by atoms with Gasteiger partial charge in [0.05, 0.1) is 22.1 Å². The fraction of sp³-hybridized carbons (Fsp3) is 0.280. The van der Waals surface area contributed by atoms with Crippen LogP contribution in [0.4, 0.5) is 4.79 Å². The summed E-state index contributed by atoms with van der Waals surface area (Å²) in [7, 11) is 1.56. The second kappa shape index (κ2) is 11.1. The molecule has 0 aromatic heterocycles. The number of imide groups is 1. The van der Waals surface area contributed by atoms with E-state index in [2.05, 4.69) is 6.58 Å². The van der Waals surface area contributed by atoms with Crippen molar-refractivity contribution in [3.63, 3.8) is 0 Å². The highest BCUT2D eigenvalue weighted by Crippen LogP contribution is 2.38. The number of hydrogen-bond acceptors (Lipinski definition) is 5. The van der Waals surface area contributed by atoms with Crippen LogP contribution in [-0.2, 0) is 17.8 Å². The summed E-state index contributed by atoms with van der Waals surface area (Å²) in [6.45, 7) is 7.91. The average molecular weight is 506 g/mol. The van der Waals surface area contributed by atoms with Crippen LogP contribution in [0.15, 0.2) is 47.9 Å². The number of hydrogen-bond donors (Lipinski definition) is 0. The van der Waals surface area contributed by atoms with Crippen molar-refractivity contribution in [2.75, 3.05) is 7.11 Å². The van der Waals surface area contributed by atoms with Crippen LogP contribution < -0.4 is 9.47 Å². The minimum atomic E-state index is -0.275. The van der Waals surface area contributed by atoms with Crippen molar-refractivity contribution in [3.8, 4) is 11.5 Å².